The first-order valence-electron chi connectivity index (χ1n) is 7.92. The Bertz CT molecular complexity index is 622. The number of benzene rings is 2. The molecule has 1 fully saturated rings. The first kappa shape index (κ1) is 14.6. The fourth-order valence-corrected chi connectivity index (χ4v) is 2.53. The summed E-state index contributed by atoms with van der Waals surface area (Å²) in [6.45, 7) is 2.72. The molecule has 0 saturated heterocycles. The van der Waals surface area contributed by atoms with E-state index in [0.29, 0.717) is 6.71 Å². The molecule has 3 aromatic rings. The molecule has 1 aromatic heterocycles. The minimum atomic E-state index is 0.484. The van der Waals surface area contributed by atoms with Crippen LogP contribution in [-0.2, 0) is 0 Å². The Morgan fingerprint density at radius 3 is 1.86 bits per heavy atom. The summed E-state index contributed by atoms with van der Waals surface area (Å²) in [5, 5.41) is 0. The fraction of sp³-hybridized carbons (Fsp3) is 0.211. The van der Waals surface area contributed by atoms with E-state index < -0.39 is 0 Å². The lowest BCUT2D eigenvalue weighted by Gasteiger charge is -2.08. The minimum Gasteiger partial charge on any atom is -0.334 e. The van der Waals surface area contributed by atoms with Gasteiger partial charge >= 0.3 is 0 Å². The van der Waals surface area contributed by atoms with Crippen molar-refractivity contribution in [1.82, 2.24) is 9.55 Å². The van der Waals surface area contributed by atoms with Crippen molar-refractivity contribution >= 4 is 17.6 Å². The van der Waals surface area contributed by atoms with Crippen molar-refractivity contribution in [2.24, 2.45) is 0 Å². The molecule has 1 heterocycles. The molecule has 1 saturated carbocycles. The van der Waals surface area contributed by atoms with E-state index in [1.54, 1.807) is 0 Å². The quantitative estimate of drug-likeness (QED) is 0.677. The second-order valence-electron chi connectivity index (χ2n) is 5.78. The lowest BCUT2D eigenvalue weighted by molar-refractivity contribution is 0.740. The van der Waals surface area contributed by atoms with Gasteiger partial charge in [-0.15, -0.1) is 0 Å². The second kappa shape index (κ2) is 7.12. The van der Waals surface area contributed by atoms with E-state index in [1.165, 1.54) is 23.8 Å². The Balaban J connectivity index is 0.000000151. The minimum absolute atomic E-state index is 0.484. The molecule has 0 radical (unpaired) electrons. The number of hydrogen-bond acceptors (Lipinski definition) is 1. The van der Waals surface area contributed by atoms with Gasteiger partial charge in [-0.2, -0.15) is 0 Å². The Morgan fingerprint density at radius 1 is 0.909 bits per heavy atom. The smallest absolute Gasteiger partial charge is 0.206 e. The topological polar surface area (TPSA) is 17.8 Å². The molecule has 0 bridgehead atoms. The molecule has 2 aromatic carbocycles. The van der Waals surface area contributed by atoms with E-state index in [9.17, 15) is 0 Å². The Kier molecular flexibility index (Phi) is 4.74. The van der Waals surface area contributed by atoms with Gasteiger partial charge in [-0.1, -0.05) is 78.4 Å². The molecule has 0 amide bonds. The van der Waals surface area contributed by atoms with Crippen molar-refractivity contribution in [3.05, 3.63) is 79.4 Å². The van der Waals surface area contributed by atoms with Crippen molar-refractivity contribution in [3.63, 3.8) is 0 Å². The Morgan fingerprint density at radius 2 is 1.45 bits per heavy atom. The molecule has 0 atom stereocenters. The third-order valence-corrected chi connectivity index (χ3v) is 4.09. The first-order valence-corrected chi connectivity index (χ1v) is 7.92. The van der Waals surface area contributed by atoms with Crippen molar-refractivity contribution in [3.8, 4) is 0 Å². The van der Waals surface area contributed by atoms with Crippen LogP contribution in [0.15, 0.2) is 79.4 Å². The highest BCUT2D eigenvalue weighted by Gasteiger charge is 2.21. The van der Waals surface area contributed by atoms with Crippen LogP contribution in [0.4, 0.5) is 0 Å². The third-order valence-electron chi connectivity index (χ3n) is 4.09. The number of imidazole rings is 1. The summed E-state index contributed by atoms with van der Waals surface area (Å²) in [6.07, 6.45) is 8.43. The van der Waals surface area contributed by atoms with Gasteiger partial charge in [0.2, 0.25) is 6.71 Å². The maximum atomic E-state index is 3.95. The average molecular weight is 288 g/mol. The van der Waals surface area contributed by atoms with Gasteiger partial charge in [-0.05, 0) is 12.8 Å². The highest BCUT2D eigenvalue weighted by molar-refractivity contribution is 6.84. The molecule has 1 aliphatic rings. The second-order valence-corrected chi connectivity index (χ2v) is 5.78. The van der Waals surface area contributed by atoms with E-state index in [2.05, 4.69) is 77.0 Å². The summed E-state index contributed by atoms with van der Waals surface area (Å²) >= 11 is 0. The highest BCUT2D eigenvalue weighted by Crippen LogP contribution is 2.33. The highest BCUT2D eigenvalue weighted by atomic mass is 15.1. The standard InChI is InChI=1S/C13H13B.C6H8N2/c1-14(12-8-4-2-5-9-12)13-10-6-3-7-11-13;1-2-6(1)8-4-3-7-5-8/h2-11H,1H3;3-6H,1-2H2. The van der Waals surface area contributed by atoms with Crippen molar-refractivity contribution in [2.45, 2.75) is 25.7 Å². The molecule has 0 spiro atoms. The van der Waals surface area contributed by atoms with Crippen LogP contribution in [0.5, 0.6) is 0 Å². The van der Waals surface area contributed by atoms with Crippen LogP contribution >= 0.6 is 0 Å². The SMILES string of the molecule is CB(c1ccccc1)c1ccccc1.c1cn(C2CC2)cn1. The van der Waals surface area contributed by atoms with Gasteiger partial charge in [0.25, 0.3) is 0 Å². The van der Waals surface area contributed by atoms with Crippen LogP contribution in [0.3, 0.4) is 0 Å². The van der Waals surface area contributed by atoms with E-state index in [-0.39, 0.29) is 0 Å². The molecule has 2 nitrogen and oxygen atoms in total. The zero-order valence-corrected chi connectivity index (χ0v) is 13.0. The van der Waals surface area contributed by atoms with Crippen molar-refractivity contribution < 1.29 is 0 Å². The third kappa shape index (κ3) is 3.88. The van der Waals surface area contributed by atoms with Gasteiger partial charge in [-0.3, -0.25) is 0 Å². The molecule has 1 aliphatic carbocycles. The normalized spacial score (nSPS) is 13.1. The molecular formula is C19H21BN2. The number of rotatable bonds is 3. The zero-order valence-electron chi connectivity index (χ0n) is 13.0. The largest absolute Gasteiger partial charge is 0.334 e. The summed E-state index contributed by atoms with van der Waals surface area (Å²) in [6, 6.07) is 22.0. The van der Waals surface area contributed by atoms with E-state index >= 15 is 0 Å². The van der Waals surface area contributed by atoms with Gasteiger partial charge in [0.05, 0.1) is 6.33 Å². The number of hydrogen-bond donors (Lipinski definition) is 0. The maximum Gasteiger partial charge on any atom is 0.206 e. The van der Waals surface area contributed by atoms with Gasteiger partial charge in [-0.25, -0.2) is 4.98 Å². The lowest BCUT2D eigenvalue weighted by atomic mass is 9.43. The summed E-state index contributed by atoms with van der Waals surface area (Å²) in [5.74, 6) is 0. The monoisotopic (exact) mass is 288 g/mol. The predicted molar refractivity (Wildman–Crippen MR) is 94.3 cm³/mol. The Hall–Kier alpha value is -2.29. The first-order chi connectivity index (χ1) is 10.8. The van der Waals surface area contributed by atoms with E-state index in [4.69, 9.17) is 0 Å². The molecule has 22 heavy (non-hydrogen) atoms. The van der Waals surface area contributed by atoms with E-state index in [0.717, 1.165) is 6.04 Å². The van der Waals surface area contributed by atoms with Crippen LogP contribution < -0.4 is 10.9 Å². The average Bonchev–Trinajstić information content (AvgIpc) is 3.31. The van der Waals surface area contributed by atoms with Gasteiger partial charge in [0.1, 0.15) is 0 Å². The van der Waals surface area contributed by atoms with Crippen LogP contribution in [0, 0.1) is 0 Å². The van der Waals surface area contributed by atoms with Gasteiger partial charge in [0.15, 0.2) is 0 Å². The van der Waals surface area contributed by atoms with Crippen molar-refractivity contribution in [1.29, 1.82) is 0 Å². The molecule has 0 unspecified atom stereocenters. The van der Waals surface area contributed by atoms with Crippen LogP contribution in [0.1, 0.15) is 18.9 Å². The van der Waals surface area contributed by atoms with E-state index in [1.807, 2.05) is 18.7 Å². The summed E-state index contributed by atoms with van der Waals surface area (Å²) in [5.41, 5.74) is 2.75. The van der Waals surface area contributed by atoms with Crippen molar-refractivity contribution in [2.75, 3.05) is 0 Å². The summed E-state index contributed by atoms with van der Waals surface area (Å²) in [7, 11) is 0. The summed E-state index contributed by atoms with van der Waals surface area (Å²) in [4.78, 5) is 3.95. The predicted octanol–water partition coefficient (Wildman–Crippen LogP) is 3.14. The lowest BCUT2D eigenvalue weighted by Crippen LogP contribution is -2.38. The molecule has 3 heteroatoms. The summed E-state index contributed by atoms with van der Waals surface area (Å²) < 4.78 is 2.17. The number of nitrogens with zero attached hydrogens (tertiary/aromatic N) is 2. The maximum absolute atomic E-state index is 3.95. The molecular weight excluding hydrogens is 267 g/mol. The van der Waals surface area contributed by atoms with Crippen LogP contribution in [0.25, 0.3) is 0 Å². The fourth-order valence-electron chi connectivity index (χ4n) is 2.53. The van der Waals surface area contributed by atoms with Crippen LogP contribution in [-0.4, -0.2) is 16.3 Å². The molecule has 110 valence electrons. The Labute approximate surface area is 132 Å². The molecule has 0 N–H and O–H groups in total. The van der Waals surface area contributed by atoms with Gasteiger partial charge < -0.3 is 4.57 Å². The molecule has 4 rings (SSSR count). The number of aromatic nitrogens is 2. The zero-order chi connectivity index (χ0) is 15.2. The van der Waals surface area contributed by atoms with Crippen LogP contribution in [0.2, 0.25) is 6.82 Å². The molecule has 0 aliphatic heterocycles. The van der Waals surface area contributed by atoms with Gasteiger partial charge in [0, 0.05) is 18.4 Å².